The molecule has 142 valence electrons. The van der Waals surface area contributed by atoms with Crippen LogP contribution in [0.15, 0.2) is 73.2 Å². The molecule has 0 spiro atoms. The van der Waals surface area contributed by atoms with Crippen molar-refractivity contribution in [2.45, 2.75) is 13.2 Å². The molecule has 2 aromatic heterocycles. The number of ether oxygens (including phenoxy) is 1. The van der Waals surface area contributed by atoms with Gasteiger partial charge in [0.15, 0.2) is 0 Å². The molecular formula is C23H18N4O2. The van der Waals surface area contributed by atoms with E-state index < -0.39 is 0 Å². The van der Waals surface area contributed by atoms with Gasteiger partial charge in [0.05, 0.1) is 5.69 Å². The second kappa shape index (κ2) is 7.24. The van der Waals surface area contributed by atoms with Crippen LogP contribution >= 0.6 is 0 Å². The molecule has 0 saturated carbocycles. The smallest absolute Gasteiger partial charge is 0.251 e. The van der Waals surface area contributed by atoms with Crippen LogP contribution in [-0.2, 0) is 13.2 Å². The Balaban J connectivity index is 1.34. The average molecular weight is 382 g/mol. The fourth-order valence-corrected chi connectivity index (χ4v) is 3.54. The molecule has 1 amide bonds. The molecule has 0 atom stereocenters. The summed E-state index contributed by atoms with van der Waals surface area (Å²) in [4.78, 5) is 16.9. The van der Waals surface area contributed by atoms with E-state index in [0.29, 0.717) is 24.5 Å². The van der Waals surface area contributed by atoms with Crippen LogP contribution in [0.25, 0.3) is 22.4 Å². The fourth-order valence-electron chi connectivity index (χ4n) is 3.54. The highest BCUT2D eigenvalue weighted by Gasteiger charge is 2.19. The van der Waals surface area contributed by atoms with Gasteiger partial charge in [-0.1, -0.05) is 30.3 Å². The molecule has 5 rings (SSSR count). The summed E-state index contributed by atoms with van der Waals surface area (Å²) < 4.78 is 5.83. The molecule has 2 aromatic carbocycles. The Bertz CT molecular complexity index is 1180. The van der Waals surface area contributed by atoms with Gasteiger partial charge >= 0.3 is 0 Å². The van der Waals surface area contributed by atoms with Crippen LogP contribution in [0.3, 0.4) is 0 Å². The van der Waals surface area contributed by atoms with Crippen molar-refractivity contribution in [1.82, 2.24) is 20.5 Å². The molecule has 0 saturated heterocycles. The van der Waals surface area contributed by atoms with Gasteiger partial charge in [-0.2, -0.15) is 5.10 Å². The second-order valence-electron chi connectivity index (χ2n) is 6.84. The van der Waals surface area contributed by atoms with E-state index in [4.69, 9.17) is 4.74 Å². The van der Waals surface area contributed by atoms with E-state index in [-0.39, 0.29) is 5.91 Å². The SMILES string of the molecule is O=C(NCc1c[nH]nc1-c1ccccc1)c1ccc2c(c1)OCc1cnccc1-2. The molecule has 0 unspecified atom stereocenters. The molecule has 0 bridgehead atoms. The van der Waals surface area contributed by atoms with Crippen molar-refractivity contribution < 1.29 is 9.53 Å². The highest BCUT2D eigenvalue weighted by atomic mass is 16.5. The number of nitrogens with zero attached hydrogens (tertiary/aromatic N) is 2. The number of H-pyrrole nitrogens is 1. The summed E-state index contributed by atoms with van der Waals surface area (Å²) in [5.41, 5.74) is 6.46. The van der Waals surface area contributed by atoms with Crippen LogP contribution in [-0.4, -0.2) is 21.1 Å². The standard InChI is InChI=1S/C23H18N4O2/c28-23(25-12-17-13-26-27-22(17)15-4-2-1-3-5-15)16-6-7-20-19-8-9-24-11-18(19)14-29-21(20)10-16/h1-11,13H,12,14H2,(H,25,28)(H,26,27). The maximum absolute atomic E-state index is 12.7. The van der Waals surface area contributed by atoms with Gasteiger partial charge in [0, 0.05) is 53.0 Å². The zero-order chi connectivity index (χ0) is 19.6. The number of carbonyl (C=O) groups is 1. The molecule has 0 radical (unpaired) electrons. The van der Waals surface area contributed by atoms with Crippen molar-refractivity contribution in [2.75, 3.05) is 0 Å². The maximum atomic E-state index is 12.7. The minimum atomic E-state index is -0.155. The number of amides is 1. The minimum absolute atomic E-state index is 0.155. The van der Waals surface area contributed by atoms with Crippen LogP contribution in [0.1, 0.15) is 21.5 Å². The van der Waals surface area contributed by atoms with Crippen molar-refractivity contribution in [3.8, 4) is 28.1 Å². The first-order valence-corrected chi connectivity index (χ1v) is 9.36. The molecule has 2 N–H and O–H groups in total. The van der Waals surface area contributed by atoms with Gasteiger partial charge in [-0.25, -0.2) is 0 Å². The normalized spacial score (nSPS) is 11.9. The zero-order valence-electron chi connectivity index (χ0n) is 15.6. The molecule has 6 heteroatoms. The fraction of sp³-hybridized carbons (Fsp3) is 0.0870. The summed E-state index contributed by atoms with van der Waals surface area (Å²) in [7, 11) is 0. The second-order valence-corrected chi connectivity index (χ2v) is 6.84. The first-order valence-electron chi connectivity index (χ1n) is 9.36. The van der Waals surface area contributed by atoms with E-state index >= 15 is 0 Å². The molecule has 6 nitrogen and oxygen atoms in total. The van der Waals surface area contributed by atoms with Crippen molar-refractivity contribution in [3.05, 3.63) is 89.9 Å². The average Bonchev–Trinajstić information content (AvgIpc) is 3.26. The van der Waals surface area contributed by atoms with Crippen molar-refractivity contribution in [1.29, 1.82) is 0 Å². The largest absolute Gasteiger partial charge is 0.488 e. The Kier molecular flexibility index (Phi) is 4.29. The summed E-state index contributed by atoms with van der Waals surface area (Å²) >= 11 is 0. The Labute approximate surface area is 167 Å². The number of aromatic nitrogens is 3. The maximum Gasteiger partial charge on any atom is 0.251 e. The number of hydrogen-bond donors (Lipinski definition) is 2. The van der Waals surface area contributed by atoms with Crippen LogP contribution in [0, 0.1) is 0 Å². The summed E-state index contributed by atoms with van der Waals surface area (Å²) in [5.74, 6) is 0.557. The number of rotatable bonds is 4. The van der Waals surface area contributed by atoms with E-state index in [2.05, 4.69) is 20.5 Å². The summed E-state index contributed by atoms with van der Waals surface area (Å²) in [6, 6.07) is 17.4. The molecule has 0 aliphatic carbocycles. The van der Waals surface area contributed by atoms with E-state index in [1.165, 1.54) is 0 Å². The lowest BCUT2D eigenvalue weighted by Gasteiger charge is -2.20. The van der Waals surface area contributed by atoms with Crippen LogP contribution in [0.4, 0.5) is 0 Å². The highest BCUT2D eigenvalue weighted by Crippen LogP contribution is 2.37. The molecule has 3 heterocycles. The number of nitrogens with one attached hydrogen (secondary N) is 2. The van der Waals surface area contributed by atoms with Crippen molar-refractivity contribution in [3.63, 3.8) is 0 Å². The topological polar surface area (TPSA) is 79.9 Å². The van der Waals surface area contributed by atoms with Gasteiger partial charge in [0.1, 0.15) is 12.4 Å². The summed E-state index contributed by atoms with van der Waals surface area (Å²) in [6.45, 7) is 0.836. The van der Waals surface area contributed by atoms with Crippen molar-refractivity contribution in [2.24, 2.45) is 0 Å². The lowest BCUT2D eigenvalue weighted by Crippen LogP contribution is -2.23. The lowest BCUT2D eigenvalue weighted by atomic mass is 9.97. The quantitative estimate of drug-likeness (QED) is 0.560. The van der Waals surface area contributed by atoms with Crippen LogP contribution in [0.2, 0.25) is 0 Å². The molecule has 0 fully saturated rings. The Hall–Kier alpha value is -3.93. The number of pyridine rings is 1. The van der Waals surface area contributed by atoms with E-state index in [1.807, 2.05) is 60.9 Å². The predicted octanol–water partition coefficient (Wildman–Crippen LogP) is 3.96. The molecular weight excluding hydrogens is 364 g/mol. The third-order valence-electron chi connectivity index (χ3n) is 5.03. The van der Waals surface area contributed by atoms with E-state index in [1.54, 1.807) is 12.3 Å². The minimum Gasteiger partial charge on any atom is -0.488 e. The predicted molar refractivity (Wildman–Crippen MR) is 109 cm³/mol. The number of aromatic amines is 1. The number of carbonyl (C=O) groups excluding carboxylic acids is 1. The van der Waals surface area contributed by atoms with Crippen LogP contribution < -0.4 is 10.1 Å². The number of benzene rings is 2. The van der Waals surface area contributed by atoms with E-state index in [9.17, 15) is 4.79 Å². The third-order valence-corrected chi connectivity index (χ3v) is 5.03. The van der Waals surface area contributed by atoms with Gasteiger partial charge in [0.25, 0.3) is 5.91 Å². The molecule has 4 aromatic rings. The Morgan fingerprint density at radius 2 is 2.00 bits per heavy atom. The Morgan fingerprint density at radius 3 is 2.90 bits per heavy atom. The molecule has 29 heavy (non-hydrogen) atoms. The lowest BCUT2D eigenvalue weighted by molar-refractivity contribution is 0.0950. The first-order chi connectivity index (χ1) is 14.3. The number of fused-ring (bicyclic) bond motifs is 3. The monoisotopic (exact) mass is 382 g/mol. The van der Waals surface area contributed by atoms with Gasteiger partial charge in [-0.15, -0.1) is 0 Å². The Morgan fingerprint density at radius 1 is 1.10 bits per heavy atom. The third kappa shape index (κ3) is 3.25. The first kappa shape index (κ1) is 17.2. The number of hydrogen-bond acceptors (Lipinski definition) is 4. The van der Waals surface area contributed by atoms with Crippen LogP contribution in [0.5, 0.6) is 5.75 Å². The zero-order valence-corrected chi connectivity index (χ0v) is 15.6. The summed E-state index contributed by atoms with van der Waals surface area (Å²) in [5, 5.41) is 10.2. The highest BCUT2D eigenvalue weighted by molar-refractivity contribution is 5.96. The van der Waals surface area contributed by atoms with Gasteiger partial charge in [0.2, 0.25) is 0 Å². The van der Waals surface area contributed by atoms with Gasteiger partial charge in [-0.3, -0.25) is 14.9 Å². The summed E-state index contributed by atoms with van der Waals surface area (Å²) in [6.07, 6.45) is 5.39. The molecule has 1 aliphatic rings. The van der Waals surface area contributed by atoms with Gasteiger partial charge < -0.3 is 10.1 Å². The van der Waals surface area contributed by atoms with Crippen molar-refractivity contribution >= 4 is 5.91 Å². The van der Waals surface area contributed by atoms with E-state index in [0.717, 1.165) is 33.5 Å². The molecule has 1 aliphatic heterocycles. The van der Waals surface area contributed by atoms with Gasteiger partial charge in [-0.05, 0) is 29.8 Å².